The van der Waals surface area contributed by atoms with Crippen LogP contribution in [-0.4, -0.2) is 6.04 Å². The maximum absolute atomic E-state index is 5.97. The van der Waals surface area contributed by atoms with Gasteiger partial charge in [0.1, 0.15) is 0 Å². The van der Waals surface area contributed by atoms with Crippen LogP contribution >= 0.6 is 0 Å². The van der Waals surface area contributed by atoms with Gasteiger partial charge in [0, 0.05) is 6.04 Å². The molecule has 3 aliphatic rings. The predicted molar refractivity (Wildman–Crippen MR) is 49.7 cm³/mol. The van der Waals surface area contributed by atoms with E-state index in [9.17, 15) is 0 Å². The molecule has 1 heteroatoms. The topological polar surface area (TPSA) is 26.0 Å². The Bertz CT molecular complexity index is 187. The van der Waals surface area contributed by atoms with Gasteiger partial charge in [-0.15, -0.1) is 0 Å². The lowest BCUT2D eigenvalue weighted by molar-refractivity contribution is 0.230. The van der Waals surface area contributed by atoms with Crippen LogP contribution in [-0.2, 0) is 0 Å². The second-order valence-corrected chi connectivity index (χ2v) is 5.35. The molecule has 0 aromatic heterocycles. The summed E-state index contributed by atoms with van der Waals surface area (Å²) in [6.07, 6.45) is 10.3. The Balaban J connectivity index is 1.59. The van der Waals surface area contributed by atoms with Gasteiger partial charge in [-0.3, -0.25) is 0 Å². The van der Waals surface area contributed by atoms with Crippen LogP contribution in [0, 0.1) is 17.3 Å². The summed E-state index contributed by atoms with van der Waals surface area (Å²) in [5.41, 5.74) is 6.63. The van der Waals surface area contributed by atoms with Crippen LogP contribution in [0.1, 0.15) is 44.9 Å². The van der Waals surface area contributed by atoms with Crippen LogP contribution in [0.3, 0.4) is 0 Å². The summed E-state index contributed by atoms with van der Waals surface area (Å²) in [6, 6.07) is 0.581. The highest BCUT2D eigenvalue weighted by atomic mass is 14.8. The summed E-state index contributed by atoms with van der Waals surface area (Å²) >= 11 is 0. The van der Waals surface area contributed by atoms with Crippen molar-refractivity contribution in [2.45, 2.75) is 51.0 Å². The van der Waals surface area contributed by atoms with E-state index in [-0.39, 0.29) is 0 Å². The molecule has 1 atom stereocenters. The van der Waals surface area contributed by atoms with Crippen LogP contribution in [0.15, 0.2) is 0 Å². The fraction of sp³-hybridized carbons (Fsp3) is 1.00. The van der Waals surface area contributed by atoms with Crippen molar-refractivity contribution in [2.75, 3.05) is 0 Å². The zero-order valence-corrected chi connectivity index (χ0v) is 7.76. The van der Waals surface area contributed by atoms with E-state index in [1.54, 1.807) is 0 Å². The van der Waals surface area contributed by atoms with Gasteiger partial charge in [-0.1, -0.05) is 0 Å². The Morgan fingerprint density at radius 2 is 1.42 bits per heavy atom. The molecule has 0 saturated heterocycles. The van der Waals surface area contributed by atoms with Crippen LogP contribution in [0.4, 0.5) is 0 Å². The van der Waals surface area contributed by atoms with Gasteiger partial charge in [-0.05, 0) is 62.2 Å². The van der Waals surface area contributed by atoms with E-state index in [0.29, 0.717) is 11.5 Å². The second-order valence-electron chi connectivity index (χ2n) is 5.35. The number of rotatable bonds is 1. The zero-order chi connectivity index (χ0) is 8.18. The first-order valence-corrected chi connectivity index (χ1v) is 5.56. The molecule has 3 rings (SSSR count). The molecule has 3 aliphatic carbocycles. The van der Waals surface area contributed by atoms with Crippen LogP contribution in [0.25, 0.3) is 0 Å². The number of hydrogen-bond acceptors (Lipinski definition) is 1. The summed E-state index contributed by atoms with van der Waals surface area (Å²) < 4.78 is 0. The first kappa shape index (κ1) is 7.37. The molecule has 0 aromatic rings. The normalized spacial score (nSPS) is 52.8. The minimum Gasteiger partial charge on any atom is -0.327 e. The van der Waals surface area contributed by atoms with Crippen molar-refractivity contribution in [3.63, 3.8) is 0 Å². The molecule has 0 radical (unpaired) electrons. The Morgan fingerprint density at radius 1 is 0.917 bits per heavy atom. The largest absolute Gasteiger partial charge is 0.327 e. The van der Waals surface area contributed by atoms with Gasteiger partial charge in [-0.2, -0.15) is 0 Å². The van der Waals surface area contributed by atoms with Gasteiger partial charge in [0.05, 0.1) is 0 Å². The fourth-order valence-corrected chi connectivity index (χ4v) is 3.21. The molecule has 3 saturated carbocycles. The summed E-state index contributed by atoms with van der Waals surface area (Å²) in [7, 11) is 0. The van der Waals surface area contributed by atoms with Gasteiger partial charge in [-0.25, -0.2) is 0 Å². The Kier molecular flexibility index (Phi) is 1.39. The predicted octanol–water partition coefficient (Wildman–Crippen LogP) is 2.30. The highest BCUT2D eigenvalue weighted by molar-refractivity contribution is 5.08. The van der Waals surface area contributed by atoms with Crippen molar-refractivity contribution < 1.29 is 0 Å². The third-order valence-electron chi connectivity index (χ3n) is 4.57. The third-order valence-corrected chi connectivity index (χ3v) is 4.57. The molecular formula is C11H19N. The van der Waals surface area contributed by atoms with E-state index in [4.69, 9.17) is 5.73 Å². The minimum absolute atomic E-state index is 0.581. The van der Waals surface area contributed by atoms with Gasteiger partial charge < -0.3 is 5.73 Å². The molecule has 68 valence electrons. The monoisotopic (exact) mass is 165 g/mol. The molecule has 1 unspecified atom stereocenters. The molecular weight excluding hydrogens is 146 g/mol. The molecule has 1 nitrogen and oxygen atoms in total. The lowest BCUT2D eigenvalue weighted by Crippen LogP contribution is -2.22. The summed E-state index contributed by atoms with van der Waals surface area (Å²) in [5.74, 6) is 2.24. The maximum atomic E-state index is 5.97. The molecule has 0 aromatic carbocycles. The Labute approximate surface area is 74.7 Å². The molecule has 0 aliphatic heterocycles. The van der Waals surface area contributed by atoms with Gasteiger partial charge >= 0.3 is 0 Å². The van der Waals surface area contributed by atoms with Crippen molar-refractivity contribution in [1.29, 1.82) is 0 Å². The van der Waals surface area contributed by atoms with Crippen LogP contribution < -0.4 is 5.73 Å². The SMILES string of the molecule is NC1CC12CCC(C1CC1)CC2. The van der Waals surface area contributed by atoms with E-state index in [2.05, 4.69) is 0 Å². The average Bonchev–Trinajstić information content (AvgIpc) is 2.94. The van der Waals surface area contributed by atoms with E-state index < -0.39 is 0 Å². The lowest BCUT2D eigenvalue weighted by atomic mass is 9.77. The lowest BCUT2D eigenvalue weighted by Gasteiger charge is -2.28. The first-order valence-electron chi connectivity index (χ1n) is 5.56. The Hall–Kier alpha value is -0.0400. The number of nitrogens with two attached hydrogens (primary N) is 1. The van der Waals surface area contributed by atoms with Crippen LogP contribution in [0.5, 0.6) is 0 Å². The summed E-state index contributed by atoms with van der Waals surface area (Å²) in [4.78, 5) is 0. The minimum atomic E-state index is 0.581. The third kappa shape index (κ3) is 1.02. The Morgan fingerprint density at radius 3 is 1.83 bits per heavy atom. The first-order chi connectivity index (χ1) is 5.80. The average molecular weight is 165 g/mol. The van der Waals surface area contributed by atoms with Gasteiger partial charge in [0.2, 0.25) is 0 Å². The molecule has 12 heavy (non-hydrogen) atoms. The van der Waals surface area contributed by atoms with Crippen molar-refractivity contribution in [1.82, 2.24) is 0 Å². The summed E-state index contributed by atoms with van der Waals surface area (Å²) in [5, 5.41) is 0. The van der Waals surface area contributed by atoms with Crippen molar-refractivity contribution in [3.8, 4) is 0 Å². The standard InChI is InChI=1S/C11H19N/c12-10-7-11(10)5-3-9(4-6-11)8-1-2-8/h8-10H,1-7,12H2. The molecule has 0 amide bonds. The second kappa shape index (κ2) is 2.25. The molecule has 0 bridgehead atoms. The highest BCUT2D eigenvalue weighted by Gasteiger charge is 2.53. The van der Waals surface area contributed by atoms with Crippen molar-refractivity contribution >= 4 is 0 Å². The van der Waals surface area contributed by atoms with Crippen LogP contribution in [0.2, 0.25) is 0 Å². The van der Waals surface area contributed by atoms with Crippen molar-refractivity contribution in [3.05, 3.63) is 0 Å². The number of hydrogen-bond donors (Lipinski definition) is 1. The van der Waals surface area contributed by atoms with E-state index >= 15 is 0 Å². The molecule has 2 N–H and O–H groups in total. The maximum Gasteiger partial charge on any atom is 0.0102 e. The fourth-order valence-electron chi connectivity index (χ4n) is 3.21. The quantitative estimate of drug-likeness (QED) is 0.634. The smallest absolute Gasteiger partial charge is 0.0102 e. The van der Waals surface area contributed by atoms with E-state index in [1.165, 1.54) is 44.9 Å². The van der Waals surface area contributed by atoms with E-state index in [0.717, 1.165) is 11.8 Å². The van der Waals surface area contributed by atoms with Gasteiger partial charge in [0.25, 0.3) is 0 Å². The van der Waals surface area contributed by atoms with Crippen molar-refractivity contribution in [2.24, 2.45) is 23.0 Å². The summed E-state index contributed by atoms with van der Waals surface area (Å²) in [6.45, 7) is 0. The highest BCUT2D eigenvalue weighted by Crippen LogP contribution is 2.58. The van der Waals surface area contributed by atoms with E-state index in [1.807, 2.05) is 0 Å². The zero-order valence-electron chi connectivity index (χ0n) is 7.76. The molecule has 0 heterocycles. The van der Waals surface area contributed by atoms with Gasteiger partial charge in [0.15, 0.2) is 0 Å². The molecule has 3 fully saturated rings. The molecule has 1 spiro atoms.